The molecule has 0 radical (unpaired) electrons. The summed E-state index contributed by atoms with van der Waals surface area (Å²) in [7, 11) is 0. The van der Waals surface area contributed by atoms with Crippen LogP contribution in [0.3, 0.4) is 0 Å². The highest BCUT2D eigenvalue weighted by molar-refractivity contribution is 6.32. The maximum atomic E-state index is 5.72. The highest BCUT2D eigenvalue weighted by Gasteiger charge is 1.99. The van der Waals surface area contributed by atoms with Gasteiger partial charge >= 0.3 is 0 Å². The van der Waals surface area contributed by atoms with Crippen molar-refractivity contribution in [3.63, 3.8) is 0 Å². The van der Waals surface area contributed by atoms with Gasteiger partial charge < -0.3 is 5.73 Å². The van der Waals surface area contributed by atoms with Crippen LogP contribution in [-0.2, 0) is 6.42 Å². The van der Waals surface area contributed by atoms with Gasteiger partial charge in [0.1, 0.15) is 0 Å². The molecule has 1 heterocycles. The second kappa shape index (κ2) is 3.53. The standard InChI is InChI=1S/C7H10ClN3/c1-2-3-5-4-6(8)7(9)11-10-5/h4H,2-3H2,1H3,(H2,9,11). The lowest BCUT2D eigenvalue weighted by Gasteiger charge is -1.98. The number of rotatable bonds is 2. The Kier molecular flexibility index (Phi) is 2.65. The number of nitrogens with zero attached hydrogens (tertiary/aromatic N) is 2. The Hall–Kier alpha value is -0.830. The van der Waals surface area contributed by atoms with Gasteiger partial charge in [-0.25, -0.2) is 0 Å². The first-order chi connectivity index (χ1) is 5.24. The fourth-order valence-corrected chi connectivity index (χ4v) is 0.957. The molecular weight excluding hydrogens is 162 g/mol. The van der Waals surface area contributed by atoms with E-state index in [9.17, 15) is 0 Å². The topological polar surface area (TPSA) is 51.8 Å². The minimum Gasteiger partial charge on any atom is -0.381 e. The van der Waals surface area contributed by atoms with E-state index < -0.39 is 0 Å². The molecule has 0 saturated heterocycles. The predicted molar refractivity (Wildman–Crippen MR) is 45.4 cm³/mol. The van der Waals surface area contributed by atoms with E-state index >= 15 is 0 Å². The molecule has 0 aliphatic heterocycles. The molecule has 1 aromatic heterocycles. The van der Waals surface area contributed by atoms with Gasteiger partial charge in [-0.15, -0.1) is 5.10 Å². The zero-order valence-electron chi connectivity index (χ0n) is 6.34. The molecule has 2 N–H and O–H groups in total. The lowest BCUT2D eigenvalue weighted by Crippen LogP contribution is -1.98. The summed E-state index contributed by atoms with van der Waals surface area (Å²) in [4.78, 5) is 0. The van der Waals surface area contributed by atoms with Crippen LogP contribution < -0.4 is 5.73 Å². The van der Waals surface area contributed by atoms with E-state index in [2.05, 4.69) is 17.1 Å². The fourth-order valence-electron chi connectivity index (χ4n) is 0.793. The Morgan fingerprint density at radius 1 is 1.55 bits per heavy atom. The summed E-state index contributed by atoms with van der Waals surface area (Å²) in [6.07, 6.45) is 1.93. The van der Waals surface area contributed by atoms with Crippen molar-refractivity contribution in [2.45, 2.75) is 19.8 Å². The molecule has 0 fully saturated rings. The van der Waals surface area contributed by atoms with E-state index in [0.29, 0.717) is 10.8 Å². The number of nitrogens with two attached hydrogens (primary N) is 1. The Balaban J connectivity index is 2.86. The lowest BCUT2D eigenvalue weighted by molar-refractivity contribution is 0.842. The molecule has 11 heavy (non-hydrogen) atoms. The van der Waals surface area contributed by atoms with Crippen molar-refractivity contribution in [1.29, 1.82) is 0 Å². The number of aryl methyl sites for hydroxylation is 1. The molecule has 60 valence electrons. The predicted octanol–water partition coefficient (Wildman–Crippen LogP) is 1.66. The van der Waals surface area contributed by atoms with E-state index in [-0.39, 0.29) is 0 Å². The number of aromatic nitrogens is 2. The third kappa shape index (κ3) is 2.05. The van der Waals surface area contributed by atoms with E-state index in [1.165, 1.54) is 0 Å². The van der Waals surface area contributed by atoms with Crippen LogP contribution in [0.2, 0.25) is 5.02 Å². The molecular formula is C7H10ClN3. The number of halogens is 1. The number of anilines is 1. The average Bonchev–Trinajstić information content (AvgIpc) is 1.98. The van der Waals surface area contributed by atoms with Crippen LogP contribution in [0, 0.1) is 0 Å². The zero-order valence-corrected chi connectivity index (χ0v) is 7.10. The average molecular weight is 172 g/mol. The molecule has 3 nitrogen and oxygen atoms in total. The fraction of sp³-hybridized carbons (Fsp3) is 0.429. The van der Waals surface area contributed by atoms with Crippen LogP contribution >= 0.6 is 11.6 Å². The van der Waals surface area contributed by atoms with Gasteiger partial charge in [0, 0.05) is 0 Å². The lowest BCUT2D eigenvalue weighted by atomic mass is 10.2. The van der Waals surface area contributed by atoms with Crippen molar-refractivity contribution in [3.05, 3.63) is 16.8 Å². The normalized spacial score (nSPS) is 10.0. The molecule has 0 amide bonds. The summed E-state index contributed by atoms with van der Waals surface area (Å²) in [5.74, 6) is 0.298. The largest absolute Gasteiger partial charge is 0.381 e. The minimum atomic E-state index is 0.298. The molecule has 1 aromatic rings. The van der Waals surface area contributed by atoms with Crippen LogP contribution in [0.1, 0.15) is 19.0 Å². The van der Waals surface area contributed by atoms with Crippen molar-refractivity contribution in [1.82, 2.24) is 10.2 Å². The van der Waals surface area contributed by atoms with Crippen molar-refractivity contribution in [3.8, 4) is 0 Å². The molecule has 0 atom stereocenters. The van der Waals surface area contributed by atoms with Crippen molar-refractivity contribution in [2.24, 2.45) is 0 Å². The number of nitrogen functional groups attached to an aromatic ring is 1. The van der Waals surface area contributed by atoms with E-state index in [4.69, 9.17) is 17.3 Å². The van der Waals surface area contributed by atoms with Crippen molar-refractivity contribution < 1.29 is 0 Å². The first kappa shape index (κ1) is 8.27. The molecule has 1 rings (SSSR count). The van der Waals surface area contributed by atoms with Gasteiger partial charge in [0.2, 0.25) is 0 Å². The maximum Gasteiger partial charge on any atom is 0.164 e. The smallest absolute Gasteiger partial charge is 0.164 e. The molecule has 0 saturated carbocycles. The van der Waals surface area contributed by atoms with Gasteiger partial charge in [-0.3, -0.25) is 0 Å². The summed E-state index contributed by atoms with van der Waals surface area (Å²) < 4.78 is 0. The van der Waals surface area contributed by atoms with Crippen LogP contribution in [0.5, 0.6) is 0 Å². The van der Waals surface area contributed by atoms with E-state index in [1.807, 2.05) is 0 Å². The Bertz CT molecular complexity index is 249. The number of hydrogen-bond acceptors (Lipinski definition) is 3. The third-order valence-electron chi connectivity index (χ3n) is 1.33. The molecule has 0 aliphatic rings. The molecule has 0 spiro atoms. The SMILES string of the molecule is CCCc1cc(Cl)c(N)nn1. The summed E-state index contributed by atoms with van der Waals surface area (Å²) >= 11 is 5.72. The highest BCUT2D eigenvalue weighted by atomic mass is 35.5. The van der Waals surface area contributed by atoms with Gasteiger partial charge in [-0.2, -0.15) is 5.10 Å². The first-order valence-corrected chi connectivity index (χ1v) is 3.89. The first-order valence-electron chi connectivity index (χ1n) is 3.51. The number of hydrogen-bond donors (Lipinski definition) is 1. The summed E-state index contributed by atoms with van der Waals surface area (Å²) in [5.41, 5.74) is 6.27. The van der Waals surface area contributed by atoms with Crippen LogP contribution in [-0.4, -0.2) is 10.2 Å². The van der Waals surface area contributed by atoms with Gasteiger partial charge in [-0.1, -0.05) is 24.9 Å². The Morgan fingerprint density at radius 2 is 2.27 bits per heavy atom. The Labute approximate surface area is 70.6 Å². The molecule has 0 bridgehead atoms. The molecule has 0 aliphatic carbocycles. The summed E-state index contributed by atoms with van der Waals surface area (Å²) in [6.45, 7) is 2.08. The van der Waals surface area contributed by atoms with Crippen molar-refractivity contribution >= 4 is 17.4 Å². The molecule has 4 heteroatoms. The van der Waals surface area contributed by atoms with Gasteiger partial charge in [0.15, 0.2) is 5.82 Å². The van der Waals surface area contributed by atoms with Crippen LogP contribution in [0.15, 0.2) is 6.07 Å². The second-order valence-corrected chi connectivity index (χ2v) is 2.73. The zero-order chi connectivity index (χ0) is 8.27. The minimum absolute atomic E-state index is 0.298. The third-order valence-corrected chi connectivity index (χ3v) is 1.63. The summed E-state index contributed by atoms with van der Waals surface area (Å²) in [6, 6.07) is 1.76. The van der Waals surface area contributed by atoms with Gasteiger partial charge in [-0.05, 0) is 12.5 Å². The van der Waals surface area contributed by atoms with Crippen molar-refractivity contribution in [2.75, 3.05) is 5.73 Å². The Morgan fingerprint density at radius 3 is 2.82 bits per heavy atom. The van der Waals surface area contributed by atoms with Gasteiger partial charge in [0.05, 0.1) is 10.7 Å². The van der Waals surface area contributed by atoms with E-state index in [1.54, 1.807) is 6.07 Å². The quantitative estimate of drug-likeness (QED) is 0.737. The van der Waals surface area contributed by atoms with Crippen LogP contribution in [0.25, 0.3) is 0 Å². The summed E-state index contributed by atoms with van der Waals surface area (Å²) in [5, 5.41) is 8.05. The molecule has 0 aromatic carbocycles. The van der Waals surface area contributed by atoms with Crippen LogP contribution in [0.4, 0.5) is 5.82 Å². The second-order valence-electron chi connectivity index (χ2n) is 2.32. The maximum absolute atomic E-state index is 5.72. The van der Waals surface area contributed by atoms with Gasteiger partial charge in [0.25, 0.3) is 0 Å². The highest BCUT2D eigenvalue weighted by Crippen LogP contribution is 2.15. The monoisotopic (exact) mass is 171 g/mol. The van der Waals surface area contributed by atoms with E-state index in [0.717, 1.165) is 18.5 Å². The molecule has 0 unspecified atom stereocenters.